The maximum Gasteiger partial charge on any atom is 0.191 e. The van der Waals surface area contributed by atoms with E-state index in [0.29, 0.717) is 5.69 Å². The van der Waals surface area contributed by atoms with Crippen LogP contribution in [0.2, 0.25) is 0 Å². The van der Waals surface area contributed by atoms with Crippen LogP contribution in [0.15, 0.2) is 76.1 Å². The first kappa shape index (κ1) is 24.3. The number of piperidine rings is 3. The normalized spacial score (nSPS) is 28.1. The molecule has 4 fully saturated rings. The minimum Gasteiger partial charge on any atom is -0.378 e. The molecule has 0 amide bonds. The van der Waals surface area contributed by atoms with E-state index in [2.05, 4.69) is 53.7 Å². The van der Waals surface area contributed by atoms with E-state index < -0.39 is 5.60 Å². The average molecular weight is 504 g/mol. The van der Waals surface area contributed by atoms with Crippen LogP contribution in [0.5, 0.6) is 0 Å². The van der Waals surface area contributed by atoms with Crippen LogP contribution in [0, 0.1) is 17.8 Å². The molecule has 2 aromatic carbocycles. The molecule has 3 aliphatic heterocycles. The van der Waals surface area contributed by atoms with E-state index >= 15 is 0 Å². The van der Waals surface area contributed by atoms with Gasteiger partial charge in [-0.1, -0.05) is 73.0 Å². The molecule has 4 nitrogen and oxygen atoms in total. The molecular formula is C31H39N2O2S+. The molecule has 7 rings (SSSR count). The molecule has 3 aromatic rings. The lowest BCUT2D eigenvalue weighted by atomic mass is 9.71. The van der Waals surface area contributed by atoms with Crippen LogP contribution in [0.25, 0.3) is 0 Å². The van der Waals surface area contributed by atoms with Gasteiger partial charge in [-0.05, 0) is 42.4 Å². The molecule has 1 N–H and O–H groups in total. The summed E-state index contributed by atoms with van der Waals surface area (Å²) >= 11 is 2.01. The molecule has 2 atom stereocenters. The van der Waals surface area contributed by atoms with Crippen molar-refractivity contribution in [3.8, 4) is 0 Å². The lowest BCUT2D eigenvalue weighted by molar-refractivity contribution is -0.959. The molecule has 0 radical (unpaired) electrons. The van der Waals surface area contributed by atoms with Gasteiger partial charge in [0, 0.05) is 35.5 Å². The SMILES string of the molecule is O[C@](c1ccccc1)(c1cc(C[N+]23CCC(CC2)C(CSc2ccccc2)C3)on1)C1CCCCC1. The van der Waals surface area contributed by atoms with Crippen molar-refractivity contribution < 1.29 is 14.1 Å². The summed E-state index contributed by atoms with van der Waals surface area (Å²) < 4.78 is 7.11. The third-order valence-electron chi connectivity index (χ3n) is 9.29. The van der Waals surface area contributed by atoms with Crippen LogP contribution in [0.4, 0.5) is 0 Å². The highest BCUT2D eigenvalue weighted by Gasteiger charge is 2.47. The third kappa shape index (κ3) is 4.78. The number of fused-ring (bicyclic) bond motifs is 3. The number of nitrogens with zero attached hydrogens (tertiary/aromatic N) is 2. The predicted octanol–water partition coefficient (Wildman–Crippen LogP) is 6.64. The second-order valence-corrected chi connectivity index (χ2v) is 12.6. The number of thioether (sulfide) groups is 1. The fourth-order valence-electron chi connectivity index (χ4n) is 7.27. The summed E-state index contributed by atoms with van der Waals surface area (Å²) in [5.74, 6) is 3.93. The van der Waals surface area contributed by atoms with Crippen molar-refractivity contribution in [2.45, 2.75) is 62.0 Å². The van der Waals surface area contributed by atoms with Crippen LogP contribution in [0.1, 0.15) is 62.0 Å². The van der Waals surface area contributed by atoms with Crippen LogP contribution in [-0.4, -0.2) is 40.1 Å². The third-order valence-corrected chi connectivity index (χ3v) is 10.5. The van der Waals surface area contributed by atoms with Gasteiger partial charge in [0.1, 0.15) is 17.8 Å². The second-order valence-electron chi connectivity index (χ2n) is 11.5. The van der Waals surface area contributed by atoms with E-state index in [1.807, 2.05) is 30.0 Å². The van der Waals surface area contributed by atoms with E-state index in [0.717, 1.165) is 47.0 Å². The molecule has 1 aliphatic carbocycles. The Kier molecular flexibility index (Phi) is 6.98. The summed E-state index contributed by atoms with van der Waals surface area (Å²) in [6, 6.07) is 23.1. The van der Waals surface area contributed by atoms with Crippen LogP contribution >= 0.6 is 11.8 Å². The minimum absolute atomic E-state index is 0.184. The molecule has 4 heterocycles. The summed E-state index contributed by atoms with van der Waals surface area (Å²) in [7, 11) is 0. The van der Waals surface area contributed by atoms with Crippen LogP contribution < -0.4 is 0 Å². The van der Waals surface area contributed by atoms with E-state index in [4.69, 9.17) is 4.52 Å². The fourth-order valence-corrected chi connectivity index (χ4v) is 8.40. The maximum atomic E-state index is 12.2. The van der Waals surface area contributed by atoms with Gasteiger partial charge in [-0.3, -0.25) is 0 Å². The first-order valence-electron chi connectivity index (χ1n) is 13.9. The number of rotatable bonds is 8. The maximum absolute atomic E-state index is 12.2. The fraction of sp³-hybridized carbons (Fsp3) is 0.516. The Morgan fingerprint density at radius 3 is 2.33 bits per heavy atom. The highest BCUT2D eigenvalue weighted by molar-refractivity contribution is 7.99. The van der Waals surface area contributed by atoms with Crippen molar-refractivity contribution in [3.05, 3.63) is 83.7 Å². The van der Waals surface area contributed by atoms with Gasteiger partial charge in [0.15, 0.2) is 5.76 Å². The molecule has 0 spiro atoms. The zero-order valence-electron chi connectivity index (χ0n) is 21.2. The lowest BCUT2D eigenvalue weighted by Crippen LogP contribution is -2.61. The van der Waals surface area contributed by atoms with Gasteiger partial charge in [0.05, 0.1) is 19.6 Å². The average Bonchev–Trinajstić information content (AvgIpc) is 3.42. The Morgan fingerprint density at radius 2 is 1.61 bits per heavy atom. The van der Waals surface area contributed by atoms with Crippen molar-refractivity contribution in [1.29, 1.82) is 0 Å². The topological polar surface area (TPSA) is 46.3 Å². The molecule has 4 aliphatic rings. The Bertz CT molecular complexity index is 1120. The van der Waals surface area contributed by atoms with Gasteiger partial charge in [-0.2, -0.15) is 0 Å². The van der Waals surface area contributed by atoms with Crippen molar-refractivity contribution >= 4 is 11.8 Å². The zero-order valence-corrected chi connectivity index (χ0v) is 22.0. The number of aromatic nitrogens is 1. The van der Waals surface area contributed by atoms with E-state index in [-0.39, 0.29) is 5.92 Å². The van der Waals surface area contributed by atoms with Gasteiger partial charge in [0.2, 0.25) is 0 Å². The van der Waals surface area contributed by atoms with Crippen molar-refractivity contribution in [1.82, 2.24) is 5.16 Å². The molecule has 2 bridgehead atoms. The second kappa shape index (κ2) is 10.4. The lowest BCUT2D eigenvalue weighted by Gasteiger charge is -2.52. The van der Waals surface area contributed by atoms with Gasteiger partial charge in [0.25, 0.3) is 0 Å². The van der Waals surface area contributed by atoms with Crippen LogP contribution in [-0.2, 0) is 12.1 Å². The molecule has 1 aromatic heterocycles. The van der Waals surface area contributed by atoms with Crippen LogP contribution in [0.3, 0.4) is 0 Å². The smallest absolute Gasteiger partial charge is 0.191 e. The van der Waals surface area contributed by atoms with Gasteiger partial charge < -0.3 is 14.1 Å². The number of benzene rings is 2. The molecule has 5 heteroatoms. The summed E-state index contributed by atoms with van der Waals surface area (Å²) in [6.45, 7) is 4.59. The summed E-state index contributed by atoms with van der Waals surface area (Å²) in [4.78, 5) is 1.38. The van der Waals surface area contributed by atoms with E-state index in [9.17, 15) is 5.11 Å². The summed E-state index contributed by atoms with van der Waals surface area (Å²) in [6.07, 6.45) is 8.32. The number of quaternary nitrogens is 1. The molecule has 1 unspecified atom stereocenters. The van der Waals surface area contributed by atoms with Gasteiger partial charge >= 0.3 is 0 Å². The Morgan fingerprint density at radius 1 is 0.917 bits per heavy atom. The number of hydrogen-bond acceptors (Lipinski definition) is 4. The zero-order chi connectivity index (χ0) is 24.4. The first-order chi connectivity index (χ1) is 17.6. The minimum atomic E-state index is -1.08. The standard InChI is InChI=1S/C31H39N2O2S/c34-31(26-10-4-1-5-11-26,27-12-6-2-7-13-27)30-20-28(35-32-30)22-33-18-16-24(17-19-33)25(21-33)23-36-29-14-8-3-9-15-29/h1,3-5,8-11,14-15,20,24-25,27,34H,2,6-7,12-13,16-19,21-23H2/q+1/t24?,25?,31-,33?/m0/s1. The molecule has 1 saturated carbocycles. The first-order valence-corrected chi connectivity index (χ1v) is 14.9. The van der Waals surface area contributed by atoms with Crippen molar-refractivity contribution in [2.24, 2.45) is 17.8 Å². The highest BCUT2D eigenvalue weighted by Crippen LogP contribution is 2.45. The van der Waals surface area contributed by atoms with E-state index in [1.165, 1.54) is 62.4 Å². The van der Waals surface area contributed by atoms with E-state index in [1.54, 1.807) is 0 Å². The highest BCUT2D eigenvalue weighted by atomic mass is 32.2. The molecule has 3 saturated heterocycles. The largest absolute Gasteiger partial charge is 0.378 e. The Hall–Kier alpha value is -2.08. The van der Waals surface area contributed by atoms with Crippen molar-refractivity contribution in [3.63, 3.8) is 0 Å². The number of hydrogen-bond donors (Lipinski definition) is 1. The summed E-state index contributed by atoms with van der Waals surface area (Å²) in [5, 5.41) is 16.8. The molecule has 190 valence electrons. The Labute approximate surface area is 219 Å². The number of aliphatic hydroxyl groups is 1. The molecular weight excluding hydrogens is 464 g/mol. The monoisotopic (exact) mass is 503 g/mol. The van der Waals surface area contributed by atoms with Crippen molar-refractivity contribution in [2.75, 3.05) is 25.4 Å². The predicted molar refractivity (Wildman–Crippen MR) is 144 cm³/mol. The van der Waals surface area contributed by atoms with Gasteiger partial charge in [-0.15, -0.1) is 11.8 Å². The molecule has 36 heavy (non-hydrogen) atoms. The summed E-state index contributed by atoms with van der Waals surface area (Å²) in [5.41, 5.74) is 0.574. The quantitative estimate of drug-likeness (QED) is 0.276. The van der Waals surface area contributed by atoms with Gasteiger partial charge in [-0.25, -0.2) is 0 Å². The Balaban J connectivity index is 1.20.